The Morgan fingerprint density at radius 3 is 2.60 bits per heavy atom. The van der Waals surface area contributed by atoms with Crippen molar-refractivity contribution < 1.29 is 19.8 Å². The summed E-state index contributed by atoms with van der Waals surface area (Å²) in [4.78, 5) is 24.3. The van der Waals surface area contributed by atoms with E-state index < -0.39 is 11.5 Å². The Hall–Kier alpha value is -2.82. The zero-order valence-electron chi connectivity index (χ0n) is 13.9. The number of hydrogen-bond donors (Lipinski definition) is 3. The van der Waals surface area contributed by atoms with Gasteiger partial charge in [0, 0.05) is 18.2 Å². The number of hydrogen-bond acceptors (Lipinski definition) is 4. The smallest absolute Gasteiger partial charge is 0.306 e. The van der Waals surface area contributed by atoms with Gasteiger partial charge in [-0.3, -0.25) is 9.59 Å². The summed E-state index contributed by atoms with van der Waals surface area (Å²) >= 11 is 0. The number of fused-ring (bicyclic) bond motifs is 1. The molecule has 0 bridgehead atoms. The predicted octanol–water partition coefficient (Wildman–Crippen LogP) is 3.17. The lowest BCUT2D eigenvalue weighted by molar-refractivity contribution is -0.141. The fourth-order valence-corrected chi connectivity index (χ4v) is 3.41. The van der Waals surface area contributed by atoms with Crippen molar-refractivity contribution in [3.63, 3.8) is 0 Å². The summed E-state index contributed by atoms with van der Waals surface area (Å²) in [6.07, 6.45) is 1.52. The number of benzene rings is 2. The molecule has 1 aliphatic rings. The second-order valence-electron chi connectivity index (χ2n) is 6.53. The van der Waals surface area contributed by atoms with Crippen molar-refractivity contribution in [2.45, 2.75) is 37.6 Å². The zero-order valence-corrected chi connectivity index (χ0v) is 13.9. The SMILES string of the molecule is O=C(O)C[C@]1(CCc2ccccc2)Nc2cc(O)ccc2CCC1=O. The third-order valence-electron chi connectivity index (χ3n) is 4.76. The molecule has 1 atom stereocenters. The molecule has 2 aromatic rings. The van der Waals surface area contributed by atoms with Gasteiger partial charge in [0.25, 0.3) is 0 Å². The molecule has 130 valence electrons. The molecule has 0 amide bonds. The standard InChI is InChI=1S/C20H21NO4/c22-16-8-6-15-7-9-18(23)20(13-19(24)25,21-17(15)12-16)11-10-14-4-2-1-3-5-14/h1-6,8,12,21-22H,7,9-11,13H2,(H,24,25)/t20-/m0/s1. The minimum absolute atomic E-state index is 0.0906. The van der Waals surface area contributed by atoms with Gasteiger partial charge in [-0.25, -0.2) is 0 Å². The second kappa shape index (κ2) is 6.97. The number of carboxylic acid groups (broad SMARTS) is 1. The van der Waals surface area contributed by atoms with Crippen LogP contribution in [0.4, 0.5) is 5.69 Å². The number of aliphatic carboxylic acids is 1. The number of carbonyl (C=O) groups excluding carboxylic acids is 1. The molecule has 3 N–H and O–H groups in total. The van der Waals surface area contributed by atoms with Crippen molar-refractivity contribution in [1.82, 2.24) is 0 Å². The lowest BCUT2D eigenvalue weighted by atomic mass is 9.82. The van der Waals surface area contributed by atoms with E-state index in [4.69, 9.17) is 0 Å². The van der Waals surface area contributed by atoms with Crippen LogP contribution in [0.1, 0.15) is 30.4 Å². The number of rotatable bonds is 5. The summed E-state index contributed by atoms with van der Waals surface area (Å²) < 4.78 is 0. The first-order valence-electron chi connectivity index (χ1n) is 8.38. The zero-order chi connectivity index (χ0) is 17.9. The maximum absolute atomic E-state index is 12.9. The average molecular weight is 339 g/mol. The van der Waals surface area contributed by atoms with Crippen LogP contribution in [0.2, 0.25) is 0 Å². The van der Waals surface area contributed by atoms with Crippen molar-refractivity contribution in [2.24, 2.45) is 0 Å². The topological polar surface area (TPSA) is 86.6 Å². The van der Waals surface area contributed by atoms with Crippen molar-refractivity contribution in [2.75, 3.05) is 5.32 Å². The molecular formula is C20H21NO4. The number of aryl methyl sites for hydroxylation is 2. The van der Waals surface area contributed by atoms with Gasteiger partial charge in [0.1, 0.15) is 11.3 Å². The van der Waals surface area contributed by atoms with E-state index in [1.54, 1.807) is 18.2 Å². The fourth-order valence-electron chi connectivity index (χ4n) is 3.41. The summed E-state index contributed by atoms with van der Waals surface area (Å²) in [5, 5.41) is 22.3. The van der Waals surface area contributed by atoms with Crippen LogP contribution in [-0.2, 0) is 22.4 Å². The number of phenols is 1. The number of aromatic hydroxyl groups is 1. The van der Waals surface area contributed by atoms with Crippen molar-refractivity contribution in [3.8, 4) is 5.75 Å². The molecule has 5 heteroatoms. The number of ketones is 1. The molecular weight excluding hydrogens is 318 g/mol. The highest BCUT2D eigenvalue weighted by molar-refractivity contribution is 5.96. The molecule has 1 aliphatic heterocycles. The highest BCUT2D eigenvalue weighted by atomic mass is 16.4. The van der Waals surface area contributed by atoms with Gasteiger partial charge < -0.3 is 15.5 Å². The molecule has 2 aromatic carbocycles. The number of nitrogens with one attached hydrogen (secondary N) is 1. The van der Waals surface area contributed by atoms with E-state index in [1.165, 1.54) is 0 Å². The maximum atomic E-state index is 12.9. The Balaban J connectivity index is 1.94. The number of Topliss-reactive ketones (excluding diaryl/α,β-unsaturated/α-hetero) is 1. The van der Waals surface area contributed by atoms with E-state index in [0.717, 1.165) is 11.1 Å². The van der Waals surface area contributed by atoms with Crippen LogP contribution in [0, 0.1) is 0 Å². The molecule has 0 saturated carbocycles. The van der Waals surface area contributed by atoms with Crippen molar-refractivity contribution >= 4 is 17.4 Å². The molecule has 5 nitrogen and oxygen atoms in total. The van der Waals surface area contributed by atoms with Gasteiger partial charge in [0.15, 0.2) is 5.78 Å². The highest BCUT2D eigenvalue weighted by Gasteiger charge is 2.41. The molecule has 0 radical (unpaired) electrons. The monoisotopic (exact) mass is 339 g/mol. The van der Waals surface area contributed by atoms with Gasteiger partial charge in [-0.15, -0.1) is 0 Å². The quantitative estimate of drug-likeness (QED) is 0.779. The van der Waals surface area contributed by atoms with Crippen LogP contribution < -0.4 is 5.32 Å². The number of anilines is 1. The molecule has 1 heterocycles. The molecule has 0 aromatic heterocycles. The summed E-state index contributed by atoms with van der Waals surface area (Å²) in [6, 6.07) is 14.6. The number of carbonyl (C=O) groups is 2. The van der Waals surface area contributed by atoms with Gasteiger partial charge in [-0.2, -0.15) is 0 Å². The summed E-state index contributed by atoms with van der Waals surface area (Å²) in [5.41, 5.74) is 1.45. The van der Waals surface area contributed by atoms with E-state index >= 15 is 0 Å². The molecule has 0 saturated heterocycles. The first kappa shape index (κ1) is 17.0. The lowest BCUT2D eigenvalue weighted by Gasteiger charge is -2.32. The summed E-state index contributed by atoms with van der Waals surface area (Å²) in [5.74, 6) is -1.02. The summed E-state index contributed by atoms with van der Waals surface area (Å²) in [7, 11) is 0. The predicted molar refractivity (Wildman–Crippen MR) is 94.8 cm³/mol. The van der Waals surface area contributed by atoms with Gasteiger partial charge in [-0.1, -0.05) is 36.4 Å². The number of carboxylic acids is 1. The van der Waals surface area contributed by atoms with Gasteiger partial charge in [0.05, 0.1) is 6.42 Å². The van der Waals surface area contributed by atoms with Crippen LogP contribution >= 0.6 is 0 Å². The Labute approximate surface area is 146 Å². The first-order valence-corrected chi connectivity index (χ1v) is 8.38. The second-order valence-corrected chi connectivity index (χ2v) is 6.53. The third kappa shape index (κ3) is 3.82. The molecule has 0 aliphatic carbocycles. The Morgan fingerprint density at radius 2 is 1.88 bits per heavy atom. The Morgan fingerprint density at radius 1 is 1.12 bits per heavy atom. The van der Waals surface area contributed by atoms with E-state index in [-0.39, 0.29) is 24.4 Å². The molecule has 0 spiro atoms. The van der Waals surface area contributed by atoms with Crippen LogP contribution in [0.15, 0.2) is 48.5 Å². The van der Waals surface area contributed by atoms with Gasteiger partial charge in [-0.05, 0) is 36.5 Å². The van der Waals surface area contributed by atoms with Crippen molar-refractivity contribution in [3.05, 3.63) is 59.7 Å². The van der Waals surface area contributed by atoms with E-state index in [1.807, 2.05) is 30.3 Å². The summed E-state index contributed by atoms with van der Waals surface area (Å²) in [6.45, 7) is 0. The van der Waals surface area contributed by atoms with Crippen LogP contribution in [0.3, 0.4) is 0 Å². The normalized spacial score (nSPS) is 19.6. The minimum Gasteiger partial charge on any atom is -0.508 e. The minimum atomic E-state index is -1.17. The van der Waals surface area contributed by atoms with Crippen LogP contribution in [0.25, 0.3) is 0 Å². The van der Waals surface area contributed by atoms with Gasteiger partial charge in [0.2, 0.25) is 0 Å². The highest BCUT2D eigenvalue weighted by Crippen LogP contribution is 2.34. The van der Waals surface area contributed by atoms with E-state index in [9.17, 15) is 19.8 Å². The van der Waals surface area contributed by atoms with E-state index in [2.05, 4.69) is 5.32 Å². The molecule has 3 rings (SSSR count). The molecule has 25 heavy (non-hydrogen) atoms. The Kier molecular flexibility index (Phi) is 4.74. The van der Waals surface area contributed by atoms with Crippen LogP contribution in [-0.4, -0.2) is 27.5 Å². The Bertz CT molecular complexity index is 788. The number of phenolic OH excluding ortho intramolecular Hbond substituents is 1. The van der Waals surface area contributed by atoms with E-state index in [0.29, 0.717) is 24.9 Å². The maximum Gasteiger partial charge on any atom is 0.306 e. The fraction of sp³-hybridized carbons (Fsp3) is 0.300. The van der Waals surface area contributed by atoms with Gasteiger partial charge >= 0.3 is 5.97 Å². The average Bonchev–Trinajstić information content (AvgIpc) is 2.71. The van der Waals surface area contributed by atoms with Crippen molar-refractivity contribution in [1.29, 1.82) is 0 Å². The van der Waals surface area contributed by atoms with Crippen LogP contribution in [0.5, 0.6) is 5.75 Å². The largest absolute Gasteiger partial charge is 0.508 e. The molecule has 0 fully saturated rings. The first-order chi connectivity index (χ1) is 12.0. The third-order valence-corrected chi connectivity index (χ3v) is 4.76. The lowest BCUT2D eigenvalue weighted by Crippen LogP contribution is -2.48. The molecule has 0 unspecified atom stereocenters.